The standard InChI is InChI=1S/C31H30O7/c1-14-10-20-23(15(2)38-14)29(34)27-18(6-5-7-22(27)37-4)26(20)19-9-8-16-11-17-12-31(3,36)13-21(32)24(17)30(35)25(16)28(19)33/h5-9,11,14-15,33-36H,10,12-13H2,1-4H3/t14-,15-,31-/m1/s1. The van der Waals surface area contributed by atoms with E-state index in [-0.39, 0.29) is 52.9 Å². The van der Waals surface area contributed by atoms with Crippen LogP contribution in [0.15, 0.2) is 36.4 Å². The summed E-state index contributed by atoms with van der Waals surface area (Å²) in [5, 5.41) is 46.9. The van der Waals surface area contributed by atoms with Gasteiger partial charge in [-0.3, -0.25) is 4.79 Å². The molecule has 1 aliphatic heterocycles. The number of benzene rings is 4. The number of fused-ring (bicyclic) bond motifs is 4. The van der Waals surface area contributed by atoms with Gasteiger partial charge in [-0.05, 0) is 72.9 Å². The van der Waals surface area contributed by atoms with Crippen molar-refractivity contribution in [2.45, 2.75) is 57.8 Å². The van der Waals surface area contributed by atoms with E-state index in [0.717, 1.165) is 11.1 Å². The second kappa shape index (κ2) is 8.35. The number of hydrogen-bond donors (Lipinski definition) is 4. The van der Waals surface area contributed by atoms with Crippen molar-refractivity contribution in [1.82, 2.24) is 0 Å². The normalized spacial score (nSPS) is 22.9. The van der Waals surface area contributed by atoms with E-state index in [4.69, 9.17) is 9.47 Å². The van der Waals surface area contributed by atoms with E-state index < -0.39 is 11.7 Å². The number of rotatable bonds is 2. The van der Waals surface area contributed by atoms with E-state index in [9.17, 15) is 25.2 Å². The highest BCUT2D eigenvalue weighted by Gasteiger charge is 2.37. The van der Waals surface area contributed by atoms with E-state index in [1.807, 2.05) is 26.0 Å². The van der Waals surface area contributed by atoms with Gasteiger partial charge in [0.2, 0.25) is 0 Å². The molecule has 0 amide bonds. The van der Waals surface area contributed by atoms with Crippen LogP contribution < -0.4 is 4.74 Å². The van der Waals surface area contributed by atoms with Crippen molar-refractivity contribution in [3.63, 3.8) is 0 Å². The summed E-state index contributed by atoms with van der Waals surface area (Å²) in [7, 11) is 1.54. The lowest BCUT2D eigenvalue weighted by Crippen LogP contribution is -2.35. The molecule has 0 fully saturated rings. The minimum Gasteiger partial charge on any atom is -0.507 e. The van der Waals surface area contributed by atoms with E-state index >= 15 is 0 Å². The SMILES string of the molecule is COc1cccc2c(-c3ccc4cc5c(c(O)c4c3O)C(=O)C[C@](C)(O)C5)c3c(c(O)c12)[C@@H](C)O[C@H](C)C3. The smallest absolute Gasteiger partial charge is 0.169 e. The van der Waals surface area contributed by atoms with Crippen LogP contribution in [-0.2, 0) is 17.6 Å². The largest absolute Gasteiger partial charge is 0.507 e. The fourth-order valence-electron chi connectivity index (χ4n) is 6.51. The first-order valence-electron chi connectivity index (χ1n) is 12.8. The summed E-state index contributed by atoms with van der Waals surface area (Å²) in [6.45, 7) is 5.46. The molecule has 4 N–H and O–H groups in total. The predicted molar refractivity (Wildman–Crippen MR) is 144 cm³/mol. The molecule has 4 aromatic rings. The molecule has 196 valence electrons. The van der Waals surface area contributed by atoms with Gasteiger partial charge in [0.15, 0.2) is 5.78 Å². The highest BCUT2D eigenvalue weighted by Crippen LogP contribution is 2.53. The Morgan fingerprint density at radius 1 is 0.974 bits per heavy atom. The Balaban J connectivity index is 1.71. The molecule has 4 aromatic carbocycles. The van der Waals surface area contributed by atoms with Crippen molar-refractivity contribution in [3.8, 4) is 34.1 Å². The molecule has 7 nitrogen and oxygen atoms in total. The Kier molecular flexibility index (Phi) is 5.39. The molecular formula is C31H30O7. The molecule has 0 saturated heterocycles. The lowest BCUT2D eigenvalue weighted by Gasteiger charge is -2.32. The highest BCUT2D eigenvalue weighted by molar-refractivity contribution is 6.13. The van der Waals surface area contributed by atoms with E-state index in [2.05, 4.69) is 0 Å². The van der Waals surface area contributed by atoms with Gasteiger partial charge < -0.3 is 29.9 Å². The van der Waals surface area contributed by atoms with Crippen LogP contribution >= 0.6 is 0 Å². The average Bonchev–Trinajstić information content (AvgIpc) is 2.83. The fraction of sp³-hybridized carbons (Fsp3) is 0.323. The molecule has 0 spiro atoms. The Morgan fingerprint density at radius 2 is 1.74 bits per heavy atom. The maximum Gasteiger partial charge on any atom is 0.169 e. The predicted octanol–water partition coefficient (Wildman–Crippen LogP) is 5.69. The Labute approximate surface area is 219 Å². The van der Waals surface area contributed by atoms with Crippen LogP contribution in [0.1, 0.15) is 60.3 Å². The van der Waals surface area contributed by atoms with Gasteiger partial charge in [0.25, 0.3) is 0 Å². The number of aliphatic hydroxyl groups is 1. The van der Waals surface area contributed by atoms with E-state index in [1.165, 1.54) is 0 Å². The van der Waals surface area contributed by atoms with Gasteiger partial charge in [0, 0.05) is 24.0 Å². The van der Waals surface area contributed by atoms with Gasteiger partial charge in [-0.2, -0.15) is 0 Å². The Bertz CT molecular complexity index is 1670. The number of ether oxygens (including phenoxy) is 2. The number of ketones is 1. The minimum atomic E-state index is -1.19. The highest BCUT2D eigenvalue weighted by atomic mass is 16.5. The van der Waals surface area contributed by atoms with E-state index in [0.29, 0.717) is 45.0 Å². The zero-order valence-corrected chi connectivity index (χ0v) is 21.8. The molecular weight excluding hydrogens is 484 g/mol. The van der Waals surface area contributed by atoms with Crippen LogP contribution in [0, 0.1) is 0 Å². The monoisotopic (exact) mass is 514 g/mol. The first-order valence-corrected chi connectivity index (χ1v) is 12.8. The van der Waals surface area contributed by atoms with Crippen molar-refractivity contribution < 1.29 is 34.7 Å². The molecule has 0 aromatic heterocycles. The zero-order valence-electron chi connectivity index (χ0n) is 21.8. The lowest BCUT2D eigenvalue weighted by molar-refractivity contribution is -0.00568. The first kappa shape index (κ1) is 24.5. The Hall–Kier alpha value is -3.81. The average molecular weight is 515 g/mol. The van der Waals surface area contributed by atoms with Gasteiger partial charge >= 0.3 is 0 Å². The molecule has 1 heterocycles. The number of phenolic OH excluding ortho intramolecular Hbond substituents is 3. The topological polar surface area (TPSA) is 116 Å². The van der Waals surface area contributed by atoms with Crippen LogP contribution in [0.4, 0.5) is 0 Å². The van der Waals surface area contributed by atoms with Crippen LogP contribution in [0.25, 0.3) is 32.7 Å². The number of aromatic hydroxyl groups is 3. The Morgan fingerprint density at radius 3 is 2.47 bits per heavy atom. The summed E-state index contributed by atoms with van der Waals surface area (Å²) in [5.41, 5.74) is 2.20. The summed E-state index contributed by atoms with van der Waals surface area (Å²) >= 11 is 0. The van der Waals surface area contributed by atoms with Crippen molar-refractivity contribution in [2.24, 2.45) is 0 Å². The van der Waals surface area contributed by atoms with Crippen molar-refractivity contribution in [2.75, 3.05) is 7.11 Å². The van der Waals surface area contributed by atoms with Crippen molar-refractivity contribution in [3.05, 3.63) is 58.7 Å². The van der Waals surface area contributed by atoms with Gasteiger partial charge in [-0.25, -0.2) is 0 Å². The second-order valence-electron chi connectivity index (χ2n) is 10.9. The van der Waals surface area contributed by atoms with Gasteiger partial charge in [-0.15, -0.1) is 0 Å². The summed E-state index contributed by atoms with van der Waals surface area (Å²) in [6, 6.07) is 10.8. The number of methoxy groups -OCH3 is 1. The fourth-order valence-corrected chi connectivity index (χ4v) is 6.51. The third kappa shape index (κ3) is 3.46. The number of carbonyl (C=O) groups excluding carboxylic acids is 1. The second-order valence-corrected chi connectivity index (χ2v) is 10.9. The third-order valence-electron chi connectivity index (χ3n) is 7.96. The van der Waals surface area contributed by atoms with Crippen LogP contribution in [-0.4, -0.2) is 45.0 Å². The van der Waals surface area contributed by atoms with Crippen LogP contribution in [0.2, 0.25) is 0 Å². The molecule has 38 heavy (non-hydrogen) atoms. The summed E-state index contributed by atoms with van der Waals surface area (Å²) in [4.78, 5) is 12.9. The number of hydrogen-bond acceptors (Lipinski definition) is 7. The van der Waals surface area contributed by atoms with Gasteiger partial charge in [-0.1, -0.05) is 18.2 Å². The zero-order chi connectivity index (χ0) is 27.1. The van der Waals surface area contributed by atoms with Gasteiger partial charge in [0.1, 0.15) is 23.0 Å². The van der Waals surface area contributed by atoms with E-state index in [1.54, 1.807) is 38.3 Å². The lowest BCUT2D eigenvalue weighted by atomic mass is 9.78. The summed E-state index contributed by atoms with van der Waals surface area (Å²) < 4.78 is 11.7. The molecule has 7 heteroatoms. The molecule has 2 aliphatic rings. The number of phenols is 3. The number of carbonyl (C=O) groups is 1. The van der Waals surface area contributed by atoms with Gasteiger partial charge in [0.05, 0.1) is 41.3 Å². The summed E-state index contributed by atoms with van der Waals surface area (Å²) in [5.74, 6) is -0.221. The quantitative estimate of drug-likeness (QED) is 0.272. The molecule has 3 atom stereocenters. The molecule has 0 bridgehead atoms. The van der Waals surface area contributed by atoms with Crippen molar-refractivity contribution >= 4 is 27.3 Å². The van der Waals surface area contributed by atoms with Crippen LogP contribution in [0.3, 0.4) is 0 Å². The molecule has 0 saturated carbocycles. The maximum absolute atomic E-state index is 12.9. The minimum absolute atomic E-state index is 0.0884. The van der Waals surface area contributed by atoms with Crippen molar-refractivity contribution in [1.29, 1.82) is 0 Å². The maximum atomic E-state index is 12.9. The molecule has 1 aliphatic carbocycles. The summed E-state index contributed by atoms with van der Waals surface area (Å²) in [6.07, 6.45) is 0.121. The third-order valence-corrected chi connectivity index (χ3v) is 7.96. The molecule has 0 radical (unpaired) electrons. The molecule has 0 unspecified atom stereocenters. The molecule has 6 rings (SSSR count). The van der Waals surface area contributed by atoms with Crippen LogP contribution in [0.5, 0.6) is 23.0 Å². The first-order chi connectivity index (χ1) is 18.0. The number of Topliss-reactive ketones (excluding diaryl/α,β-unsaturated/α-hetero) is 1.